The predicted molar refractivity (Wildman–Crippen MR) is 117 cm³/mol. The molecule has 0 spiro atoms. The molecule has 2 aromatic heterocycles. The third-order valence-corrected chi connectivity index (χ3v) is 6.26. The Morgan fingerprint density at radius 1 is 1.13 bits per heavy atom. The Labute approximate surface area is 179 Å². The van der Waals surface area contributed by atoms with Gasteiger partial charge in [0.1, 0.15) is 0 Å². The number of para-hydroxylation sites is 2. The number of aromatic amines is 1. The molecule has 1 fully saturated rings. The minimum atomic E-state index is -0.468. The van der Waals surface area contributed by atoms with Gasteiger partial charge in [-0.2, -0.15) is 0 Å². The highest BCUT2D eigenvalue weighted by atomic mass is 16.2. The maximum atomic E-state index is 13.2. The smallest absolute Gasteiger partial charge is 0.280 e. The van der Waals surface area contributed by atoms with Crippen LogP contribution in [0.4, 0.5) is 0 Å². The van der Waals surface area contributed by atoms with Gasteiger partial charge in [0, 0.05) is 43.4 Å². The molecule has 5 rings (SSSR count). The topological polar surface area (TPSA) is 91.3 Å². The van der Waals surface area contributed by atoms with E-state index in [0.29, 0.717) is 37.2 Å². The van der Waals surface area contributed by atoms with E-state index in [9.17, 15) is 14.4 Å². The maximum Gasteiger partial charge on any atom is 0.280 e. The minimum Gasteiger partial charge on any atom is -0.336 e. The molecule has 2 aliphatic rings. The molecule has 0 saturated carbocycles. The number of nitrogens with zero attached hydrogens (tertiary/aromatic N) is 4. The fourth-order valence-corrected chi connectivity index (χ4v) is 4.94. The first-order chi connectivity index (χ1) is 14.9. The first-order valence-electron chi connectivity index (χ1n) is 10.6. The summed E-state index contributed by atoms with van der Waals surface area (Å²) in [6.07, 6.45) is 0.942. The number of nitrogens with one attached hydrogen (secondary N) is 1. The van der Waals surface area contributed by atoms with Gasteiger partial charge in [-0.1, -0.05) is 18.2 Å². The largest absolute Gasteiger partial charge is 0.336 e. The third kappa shape index (κ3) is 3.46. The second kappa shape index (κ2) is 7.46. The predicted octanol–water partition coefficient (Wildman–Crippen LogP) is 1.41. The Hall–Kier alpha value is -3.26. The van der Waals surface area contributed by atoms with Gasteiger partial charge >= 0.3 is 0 Å². The van der Waals surface area contributed by atoms with Crippen molar-refractivity contribution in [2.45, 2.75) is 25.4 Å². The molecule has 0 aliphatic carbocycles. The summed E-state index contributed by atoms with van der Waals surface area (Å²) >= 11 is 0. The summed E-state index contributed by atoms with van der Waals surface area (Å²) in [6, 6.07) is 11.1. The number of carbonyl (C=O) groups excluding carboxylic acids is 1. The van der Waals surface area contributed by atoms with Gasteiger partial charge in [0.25, 0.3) is 17.0 Å². The van der Waals surface area contributed by atoms with Gasteiger partial charge in [0.05, 0.1) is 11.0 Å². The van der Waals surface area contributed by atoms with Crippen molar-refractivity contribution < 1.29 is 4.79 Å². The molecule has 0 unspecified atom stereocenters. The van der Waals surface area contributed by atoms with Crippen molar-refractivity contribution in [3.63, 3.8) is 0 Å². The Morgan fingerprint density at radius 3 is 2.74 bits per heavy atom. The summed E-state index contributed by atoms with van der Waals surface area (Å²) in [6.45, 7) is 2.20. The molecule has 2 atom stereocenters. The molecule has 8 nitrogen and oxygen atoms in total. The molecule has 2 bridgehead atoms. The Bertz CT molecular complexity index is 1290. The normalized spacial score (nSPS) is 20.2. The fraction of sp³-hybridized carbons (Fsp3) is 0.391. The average Bonchev–Trinajstić information content (AvgIpc) is 2.74. The molecular formula is C23H25N5O3. The molecule has 1 saturated heterocycles. The van der Waals surface area contributed by atoms with Crippen LogP contribution in [0.3, 0.4) is 0 Å². The van der Waals surface area contributed by atoms with Crippen molar-refractivity contribution in [3.8, 4) is 0 Å². The van der Waals surface area contributed by atoms with E-state index in [1.165, 1.54) is 0 Å². The molecule has 3 aromatic rings. The van der Waals surface area contributed by atoms with Gasteiger partial charge in [-0.3, -0.25) is 14.4 Å². The Kier molecular flexibility index (Phi) is 4.74. The molecule has 1 N–H and O–H groups in total. The van der Waals surface area contributed by atoms with Crippen molar-refractivity contribution >= 4 is 16.9 Å². The first kappa shape index (κ1) is 19.7. The van der Waals surface area contributed by atoms with Gasteiger partial charge < -0.3 is 19.4 Å². The zero-order valence-electron chi connectivity index (χ0n) is 17.7. The van der Waals surface area contributed by atoms with Crippen molar-refractivity contribution in [2.24, 2.45) is 5.92 Å². The number of carbonyl (C=O) groups is 1. The van der Waals surface area contributed by atoms with Crippen LogP contribution in [0.5, 0.6) is 0 Å². The summed E-state index contributed by atoms with van der Waals surface area (Å²) in [7, 11) is 3.90. The lowest BCUT2D eigenvalue weighted by Crippen LogP contribution is -2.50. The van der Waals surface area contributed by atoms with Crippen LogP contribution >= 0.6 is 0 Å². The molecule has 160 valence electrons. The van der Waals surface area contributed by atoms with Gasteiger partial charge in [-0.25, -0.2) is 4.98 Å². The number of fused-ring (bicyclic) bond motifs is 5. The molecule has 8 heteroatoms. The van der Waals surface area contributed by atoms with Gasteiger partial charge in [0.15, 0.2) is 5.69 Å². The lowest BCUT2D eigenvalue weighted by molar-refractivity contribution is 0.0587. The summed E-state index contributed by atoms with van der Waals surface area (Å²) in [5.41, 5.74) is 2.49. The molecule has 1 aromatic carbocycles. The second-order valence-corrected chi connectivity index (χ2v) is 8.88. The van der Waals surface area contributed by atoms with Crippen LogP contribution < -0.4 is 11.1 Å². The van der Waals surface area contributed by atoms with Crippen LogP contribution in [0.25, 0.3) is 11.0 Å². The zero-order valence-corrected chi connectivity index (χ0v) is 17.7. The van der Waals surface area contributed by atoms with E-state index in [-0.39, 0.29) is 29.0 Å². The standard InChI is InChI=1S/C23H25N5O3/c1-26(2)12-15-7-8-19-16-9-14(11-28(19)22(15)30)10-27(13-16)23(31)20-21(29)25-18-6-4-3-5-17(18)24-20/h3-8,14,16H,9-13H2,1-2H3,(H,25,29)/t14-,16+/m0/s1. The number of benzene rings is 1. The monoisotopic (exact) mass is 419 g/mol. The van der Waals surface area contributed by atoms with Crippen LogP contribution in [0.1, 0.15) is 34.1 Å². The number of rotatable bonds is 3. The van der Waals surface area contributed by atoms with Crippen LogP contribution in [-0.2, 0) is 13.1 Å². The van der Waals surface area contributed by atoms with E-state index in [2.05, 4.69) is 9.97 Å². The van der Waals surface area contributed by atoms with Crippen molar-refractivity contribution in [1.82, 2.24) is 24.3 Å². The van der Waals surface area contributed by atoms with Gasteiger partial charge in [-0.05, 0) is 44.6 Å². The van der Waals surface area contributed by atoms with Crippen LogP contribution in [0.2, 0.25) is 0 Å². The summed E-state index contributed by atoms with van der Waals surface area (Å²) < 4.78 is 1.89. The Morgan fingerprint density at radius 2 is 1.94 bits per heavy atom. The molecule has 4 heterocycles. The summed E-state index contributed by atoms with van der Waals surface area (Å²) in [4.78, 5) is 49.5. The zero-order chi connectivity index (χ0) is 21.7. The number of H-pyrrole nitrogens is 1. The van der Waals surface area contributed by atoms with E-state index >= 15 is 0 Å². The van der Waals surface area contributed by atoms with E-state index in [1.54, 1.807) is 17.0 Å². The van der Waals surface area contributed by atoms with E-state index in [4.69, 9.17) is 0 Å². The number of likely N-dealkylation sites (tertiary alicyclic amines) is 1. The maximum absolute atomic E-state index is 13.2. The number of hydrogen-bond acceptors (Lipinski definition) is 5. The fourth-order valence-electron chi connectivity index (χ4n) is 4.94. The second-order valence-electron chi connectivity index (χ2n) is 8.88. The lowest BCUT2D eigenvalue weighted by atomic mass is 9.83. The van der Waals surface area contributed by atoms with Crippen LogP contribution in [-0.4, -0.2) is 57.4 Å². The first-order valence-corrected chi connectivity index (χ1v) is 10.6. The molecule has 31 heavy (non-hydrogen) atoms. The van der Waals surface area contributed by atoms with Crippen LogP contribution in [0, 0.1) is 5.92 Å². The van der Waals surface area contributed by atoms with E-state index < -0.39 is 5.56 Å². The van der Waals surface area contributed by atoms with E-state index in [1.807, 2.05) is 47.8 Å². The van der Waals surface area contributed by atoms with Gasteiger partial charge in [-0.15, -0.1) is 0 Å². The van der Waals surface area contributed by atoms with Crippen LogP contribution in [0.15, 0.2) is 46.0 Å². The minimum absolute atomic E-state index is 0.0633. The summed E-state index contributed by atoms with van der Waals surface area (Å²) in [5.74, 6) is -0.0825. The van der Waals surface area contributed by atoms with Crippen molar-refractivity contribution in [2.75, 3.05) is 27.2 Å². The summed E-state index contributed by atoms with van der Waals surface area (Å²) in [5, 5.41) is 0. The molecule has 0 radical (unpaired) electrons. The number of pyridine rings is 1. The van der Waals surface area contributed by atoms with E-state index in [0.717, 1.165) is 17.7 Å². The molecular weight excluding hydrogens is 394 g/mol. The molecule has 1 amide bonds. The number of hydrogen-bond donors (Lipinski definition) is 1. The highest BCUT2D eigenvalue weighted by Crippen LogP contribution is 2.35. The van der Waals surface area contributed by atoms with Gasteiger partial charge in [0.2, 0.25) is 0 Å². The lowest BCUT2D eigenvalue weighted by Gasteiger charge is -2.42. The highest BCUT2D eigenvalue weighted by Gasteiger charge is 2.37. The van der Waals surface area contributed by atoms with Crippen molar-refractivity contribution in [3.05, 3.63) is 74.1 Å². The SMILES string of the molecule is CN(C)Cc1ccc2n(c1=O)C[C@H]1C[C@@H]2CN(C(=O)c2nc3ccccc3[nH]c2=O)C1. The Balaban J connectivity index is 1.45. The quantitative estimate of drug-likeness (QED) is 0.693. The molecule has 2 aliphatic heterocycles. The third-order valence-electron chi connectivity index (χ3n) is 6.26. The highest BCUT2D eigenvalue weighted by molar-refractivity contribution is 5.93. The number of aromatic nitrogens is 3. The van der Waals surface area contributed by atoms with Crippen molar-refractivity contribution in [1.29, 1.82) is 0 Å². The average molecular weight is 419 g/mol. The number of amides is 1. The number of piperidine rings is 1.